The lowest BCUT2D eigenvalue weighted by Gasteiger charge is -2.25. The van der Waals surface area contributed by atoms with Gasteiger partial charge in [-0.2, -0.15) is 0 Å². The van der Waals surface area contributed by atoms with Crippen LogP contribution in [0.1, 0.15) is 48.7 Å². The molecule has 0 saturated carbocycles. The first-order chi connectivity index (χ1) is 17.3. The van der Waals surface area contributed by atoms with Gasteiger partial charge in [-0.15, -0.1) is 0 Å². The molecule has 6 heteroatoms. The van der Waals surface area contributed by atoms with Gasteiger partial charge in [-0.1, -0.05) is 45.0 Å². The van der Waals surface area contributed by atoms with Crippen LogP contribution in [0.5, 0.6) is 17.2 Å². The summed E-state index contributed by atoms with van der Waals surface area (Å²) in [5, 5.41) is 0. The monoisotopic (exact) mass is 483 g/mol. The minimum absolute atomic E-state index is 0.0623. The average Bonchev–Trinajstić information content (AvgIpc) is 3.22. The van der Waals surface area contributed by atoms with E-state index in [0.717, 1.165) is 41.4 Å². The molecule has 36 heavy (non-hydrogen) atoms. The first-order valence-corrected chi connectivity index (χ1v) is 12.5. The second-order valence-electron chi connectivity index (χ2n) is 10.3. The zero-order valence-corrected chi connectivity index (χ0v) is 21.5. The summed E-state index contributed by atoms with van der Waals surface area (Å²) in [6.45, 7) is 9.39. The highest BCUT2D eigenvalue weighted by atomic mass is 16.5. The lowest BCUT2D eigenvalue weighted by atomic mass is 9.86. The fraction of sp³-hybridized carbons (Fsp3) is 0.333. The van der Waals surface area contributed by atoms with Gasteiger partial charge in [-0.3, -0.25) is 4.79 Å². The van der Waals surface area contributed by atoms with E-state index in [0.29, 0.717) is 31.1 Å². The molecule has 1 saturated heterocycles. The molecule has 0 aliphatic carbocycles. The number of carbonyl (C=O) groups excluding carboxylic acids is 1. The third-order valence-corrected chi connectivity index (χ3v) is 6.82. The van der Waals surface area contributed by atoms with E-state index in [-0.39, 0.29) is 11.3 Å². The Hall–Kier alpha value is -3.80. The molecule has 186 valence electrons. The van der Waals surface area contributed by atoms with Gasteiger partial charge in [0, 0.05) is 37.8 Å². The first kappa shape index (κ1) is 23.9. The minimum atomic E-state index is 0.0623. The van der Waals surface area contributed by atoms with Crippen molar-refractivity contribution in [3.05, 3.63) is 83.4 Å². The zero-order valence-electron chi connectivity index (χ0n) is 21.5. The van der Waals surface area contributed by atoms with Crippen LogP contribution < -0.4 is 9.47 Å². The summed E-state index contributed by atoms with van der Waals surface area (Å²) in [4.78, 5) is 22.6. The average molecular weight is 484 g/mol. The number of ether oxygens (including phenoxy) is 2. The van der Waals surface area contributed by atoms with Crippen molar-refractivity contribution in [3.63, 3.8) is 0 Å². The number of aliphatic imine (C=N–C) groups is 1. The summed E-state index contributed by atoms with van der Waals surface area (Å²) in [6, 6.07) is 21.7. The summed E-state index contributed by atoms with van der Waals surface area (Å²) < 4.78 is 11.7. The third kappa shape index (κ3) is 4.81. The van der Waals surface area contributed by atoms with Crippen molar-refractivity contribution in [2.45, 2.75) is 32.6 Å². The number of fused-ring (bicyclic) bond motifs is 2. The van der Waals surface area contributed by atoms with Crippen LogP contribution in [0.2, 0.25) is 0 Å². The summed E-state index contributed by atoms with van der Waals surface area (Å²) >= 11 is 0. The van der Waals surface area contributed by atoms with E-state index in [1.54, 1.807) is 7.11 Å². The van der Waals surface area contributed by atoms with E-state index in [1.165, 1.54) is 5.56 Å². The predicted octanol–water partition coefficient (Wildman–Crippen LogP) is 6.02. The summed E-state index contributed by atoms with van der Waals surface area (Å²) in [5.74, 6) is 3.11. The number of hydrogen-bond acceptors (Lipinski definition) is 5. The summed E-state index contributed by atoms with van der Waals surface area (Å²) in [6.07, 6.45) is 0.860. The normalized spacial score (nSPS) is 15.6. The molecule has 0 spiro atoms. The van der Waals surface area contributed by atoms with Crippen molar-refractivity contribution < 1.29 is 14.3 Å². The molecule has 2 aliphatic rings. The second kappa shape index (κ2) is 9.69. The second-order valence-corrected chi connectivity index (χ2v) is 10.3. The molecule has 1 amide bonds. The van der Waals surface area contributed by atoms with Gasteiger partial charge in [0.25, 0.3) is 5.91 Å². The van der Waals surface area contributed by atoms with Crippen LogP contribution in [0.3, 0.4) is 0 Å². The molecule has 0 N–H and O–H groups in total. The Kier molecular flexibility index (Phi) is 6.44. The van der Waals surface area contributed by atoms with E-state index >= 15 is 0 Å². The number of amides is 1. The maximum absolute atomic E-state index is 13.3. The number of nitrogens with zero attached hydrogens (tertiary/aromatic N) is 3. The van der Waals surface area contributed by atoms with Crippen molar-refractivity contribution in [2.24, 2.45) is 4.99 Å². The number of hydrogen-bond donors (Lipinski definition) is 0. The van der Waals surface area contributed by atoms with Crippen LogP contribution in [-0.2, 0) is 5.41 Å². The fourth-order valence-corrected chi connectivity index (χ4v) is 4.70. The fourth-order valence-electron chi connectivity index (χ4n) is 4.70. The van der Waals surface area contributed by atoms with Gasteiger partial charge in [-0.05, 0) is 53.8 Å². The molecule has 3 aromatic carbocycles. The van der Waals surface area contributed by atoms with E-state index in [9.17, 15) is 4.79 Å². The number of carbonyl (C=O) groups is 1. The quantitative estimate of drug-likeness (QED) is 0.447. The molecule has 2 heterocycles. The lowest BCUT2D eigenvalue weighted by molar-refractivity contribution is 0.0764. The number of amidine groups is 1. The third-order valence-electron chi connectivity index (χ3n) is 6.82. The molecular weight excluding hydrogens is 450 g/mol. The number of methoxy groups -OCH3 is 1. The molecule has 5 rings (SSSR count). The van der Waals surface area contributed by atoms with Crippen molar-refractivity contribution in [1.82, 2.24) is 9.80 Å². The predicted molar refractivity (Wildman–Crippen MR) is 143 cm³/mol. The Morgan fingerprint density at radius 2 is 1.69 bits per heavy atom. The Morgan fingerprint density at radius 3 is 2.44 bits per heavy atom. The molecular formula is C30H33N3O3. The highest BCUT2D eigenvalue weighted by Gasteiger charge is 2.27. The van der Waals surface area contributed by atoms with Crippen LogP contribution >= 0.6 is 0 Å². The lowest BCUT2D eigenvalue weighted by Crippen LogP contribution is -2.37. The molecule has 0 bridgehead atoms. The van der Waals surface area contributed by atoms with Crippen LogP contribution in [0.4, 0.5) is 5.69 Å². The first-order valence-electron chi connectivity index (χ1n) is 12.5. The van der Waals surface area contributed by atoms with E-state index in [2.05, 4.69) is 37.8 Å². The van der Waals surface area contributed by atoms with Crippen LogP contribution in [0.15, 0.2) is 71.7 Å². The van der Waals surface area contributed by atoms with Crippen LogP contribution in [0, 0.1) is 0 Å². The molecule has 0 radical (unpaired) electrons. The molecule has 1 fully saturated rings. The highest BCUT2D eigenvalue weighted by Crippen LogP contribution is 2.39. The molecule has 0 atom stereocenters. The maximum Gasteiger partial charge on any atom is 0.253 e. The Bertz CT molecular complexity index is 1290. The summed E-state index contributed by atoms with van der Waals surface area (Å²) in [5.41, 5.74) is 3.74. The van der Waals surface area contributed by atoms with Crippen molar-refractivity contribution in [2.75, 3.05) is 33.3 Å². The number of benzene rings is 3. The summed E-state index contributed by atoms with van der Waals surface area (Å²) in [7, 11) is 1.65. The Labute approximate surface area is 213 Å². The molecule has 0 aromatic heterocycles. The van der Waals surface area contributed by atoms with Gasteiger partial charge in [0.1, 0.15) is 23.0 Å². The van der Waals surface area contributed by atoms with Gasteiger partial charge >= 0.3 is 0 Å². The van der Waals surface area contributed by atoms with E-state index in [4.69, 9.17) is 14.5 Å². The SMILES string of the molecule is COc1ccc2c(c1)Oc1ccccc1N=C2N1CCCN(C(=O)c2ccc(C(C)(C)C)cc2)CC1. The van der Waals surface area contributed by atoms with Gasteiger partial charge in [0.2, 0.25) is 0 Å². The van der Waals surface area contributed by atoms with Gasteiger partial charge in [-0.25, -0.2) is 4.99 Å². The van der Waals surface area contributed by atoms with E-state index < -0.39 is 0 Å². The van der Waals surface area contributed by atoms with E-state index in [1.807, 2.05) is 59.5 Å². The molecule has 3 aromatic rings. The zero-order chi connectivity index (χ0) is 25.3. The largest absolute Gasteiger partial charge is 0.497 e. The minimum Gasteiger partial charge on any atom is -0.497 e. The number of para-hydroxylation sites is 2. The Morgan fingerprint density at radius 1 is 0.917 bits per heavy atom. The smallest absolute Gasteiger partial charge is 0.253 e. The molecule has 0 unspecified atom stereocenters. The van der Waals surface area contributed by atoms with Crippen molar-refractivity contribution >= 4 is 17.4 Å². The molecule has 6 nitrogen and oxygen atoms in total. The maximum atomic E-state index is 13.3. The van der Waals surface area contributed by atoms with Gasteiger partial charge in [0.15, 0.2) is 5.75 Å². The number of rotatable bonds is 2. The van der Waals surface area contributed by atoms with Crippen LogP contribution in [-0.4, -0.2) is 54.8 Å². The van der Waals surface area contributed by atoms with Crippen molar-refractivity contribution in [3.8, 4) is 17.2 Å². The molecule has 2 aliphatic heterocycles. The van der Waals surface area contributed by atoms with Crippen molar-refractivity contribution in [1.29, 1.82) is 0 Å². The van der Waals surface area contributed by atoms with Gasteiger partial charge < -0.3 is 19.3 Å². The van der Waals surface area contributed by atoms with Crippen LogP contribution in [0.25, 0.3) is 0 Å². The highest BCUT2D eigenvalue weighted by molar-refractivity contribution is 6.04. The topological polar surface area (TPSA) is 54.4 Å². The Balaban J connectivity index is 1.39. The standard InChI is InChI=1S/C30H33N3O3/c1-30(2,3)22-12-10-21(11-13-22)29(34)33-17-7-16-32(18-19-33)28-24-15-14-23(35-4)20-27(24)36-26-9-6-5-8-25(26)31-28/h5-6,8-15,20H,7,16-19H2,1-4H3. The van der Waals surface area contributed by atoms with Gasteiger partial charge in [0.05, 0.1) is 12.7 Å².